The van der Waals surface area contributed by atoms with Crippen LogP contribution in [0.25, 0.3) is 0 Å². The number of rotatable bonds is 6. The minimum absolute atomic E-state index is 0.323. The van der Waals surface area contributed by atoms with Gasteiger partial charge < -0.3 is 10.4 Å². The summed E-state index contributed by atoms with van der Waals surface area (Å²) >= 11 is 0. The molecule has 3 nitrogen and oxygen atoms in total. The molecule has 0 amide bonds. The van der Waals surface area contributed by atoms with Crippen molar-refractivity contribution < 1.29 is 5.11 Å². The largest absolute Gasteiger partial charge is 0.389 e. The zero-order chi connectivity index (χ0) is 15.5. The first-order chi connectivity index (χ1) is 9.87. The van der Waals surface area contributed by atoms with Crippen molar-refractivity contribution >= 4 is 0 Å². The molecule has 1 aliphatic carbocycles. The van der Waals surface area contributed by atoms with Crippen molar-refractivity contribution in [2.45, 2.75) is 57.1 Å². The Labute approximate surface area is 128 Å². The number of aliphatic hydroxyl groups is 1. The van der Waals surface area contributed by atoms with Gasteiger partial charge in [-0.2, -0.15) is 5.26 Å². The fourth-order valence-corrected chi connectivity index (χ4v) is 3.39. The second kappa shape index (κ2) is 6.17. The quantitative estimate of drug-likeness (QED) is 0.845. The molecule has 2 N–H and O–H groups in total. The molecule has 1 aliphatic rings. The van der Waals surface area contributed by atoms with Gasteiger partial charge in [-0.3, -0.25) is 0 Å². The SMILES string of the molecule is CC(C)CC(C)(O)CNC1CC(C#N)(c2ccccc2)C1. The first-order valence-electron chi connectivity index (χ1n) is 7.79. The maximum absolute atomic E-state index is 10.3. The summed E-state index contributed by atoms with van der Waals surface area (Å²) in [5, 5.41) is 23.3. The van der Waals surface area contributed by atoms with E-state index in [4.69, 9.17) is 0 Å². The molecule has 1 atom stereocenters. The third-order valence-electron chi connectivity index (χ3n) is 4.35. The Bertz CT molecular complexity index is 496. The predicted molar refractivity (Wildman–Crippen MR) is 84.8 cm³/mol. The first-order valence-corrected chi connectivity index (χ1v) is 7.79. The van der Waals surface area contributed by atoms with Gasteiger partial charge in [-0.25, -0.2) is 0 Å². The van der Waals surface area contributed by atoms with Gasteiger partial charge in [-0.05, 0) is 37.7 Å². The van der Waals surface area contributed by atoms with Crippen molar-refractivity contribution in [3.63, 3.8) is 0 Å². The van der Waals surface area contributed by atoms with Gasteiger partial charge in [-0.1, -0.05) is 44.2 Å². The third kappa shape index (κ3) is 3.84. The summed E-state index contributed by atoms with van der Waals surface area (Å²) in [6.07, 6.45) is 2.44. The minimum atomic E-state index is -0.675. The van der Waals surface area contributed by atoms with Crippen LogP contribution in [0.3, 0.4) is 0 Å². The van der Waals surface area contributed by atoms with E-state index in [1.165, 1.54) is 0 Å². The summed E-state index contributed by atoms with van der Waals surface area (Å²) in [5.41, 5.74) is 0.0914. The monoisotopic (exact) mass is 286 g/mol. The van der Waals surface area contributed by atoms with Crippen molar-refractivity contribution in [3.05, 3.63) is 35.9 Å². The van der Waals surface area contributed by atoms with Crippen molar-refractivity contribution in [2.24, 2.45) is 5.92 Å². The van der Waals surface area contributed by atoms with Gasteiger partial charge in [0, 0.05) is 12.6 Å². The molecule has 21 heavy (non-hydrogen) atoms. The number of benzene rings is 1. The van der Waals surface area contributed by atoms with Crippen LogP contribution in [-0.2, 0) is 5.41 Å². The van der Waals surface area contributed by atoms with Gasteiger partial charge >= 0.3 is 0 Å². The van der Waals surface area contributed by atoms with Crippen LogP contribution in [0, 0.1) is 17.2 Å². The van der Waals surface area contributed by atoms with E-state index in [-0.39, 0.29) is 5.41 Å². The van der Waals surface area contributed by atoms with Gasteiger partial charge in [-0.15, -0.1) is 0 Å². The Kier molecular flexibility index (Phi) is 4.70. The normalized spacial score (nSPS) is 27.7. The Balaban J connectivity index is 1.87. The zero-order valence-electron chi connectivity index (χ0n) is 13.3. The lowest BCUT2D eigenvalue weighted by Crippen LogP contribution is -2.54. The zero-order valence-corrected chi connectivity index (χ0v) is 13.3. The van der Waals surface area contributed by atoms with Crippen molar-refractivity contribution in [2.75, 3.05) is 6.54 Å². The minimum Gasteiger partial charge on any atom is -0.389 e. The smallest absolute Gasteiger partial charge is 0.0852 e. The highest BCUT2D eigenvalue weighted by atomic mass is 16.3. The molecule has 2 rings (SSSR count). The highest BCUT2D eigenvalue weighted by Gasteiger charge is 2.46. The maximum Gasteiger partial charge on any atom is 0.0852 e. The molecule has 1 saturated carbocycles. The average Bonchev–Trinajstić information content (AvgIpc) is 2.37. The molecule has 1 aromatic rings. The molecule has 0 bridgehead atoms. The highest BCUT2D eigenvalue weighted by Crippen LogP contribution is 2.43. The van der Waals surface area contributed by atoms with E-state index in [0.29, 0.717) is 18.5 Å². The van der Waals surface area contributed by atoms with Crippen LogP contribution in [0.1, 0.15) is 45.6 Å². The molecule has 114 valence electrons. The third-order valence-corrected chi connectivity index (χ3v) is 4.35. The number of hydrogen-bond donors (Lipinski definition) is 2. The summed E-state index contributed by atoms with van der Waals surface area (Å²) in [4.78, 5) is 0. The van der Waals surface area contributed by atoms with Crippen molar-refractivity contribution in [1.82, 2.24) is 5.32 Å². The van der Waals surface area contributed by atoms with Crippen LogP contribution >= 0.6 is 0 Å². The topological polar surface area (TPSA) is 56.0 Å². The molecule has 1 fully saturated rings. The summed E-state index contributed by atoms with van der Waals surface area (Å²) in [5.74, 6) is 0.478. The Morgan fingerprint density at radius 1 is 1.38 bits per heavy atom. The van der Waals surface area contributed by atoms with Crippen LogP contribution in [-0.4, -0.2) is 23.3 Å². The van der Waals surface area contributed by atoms with Crippen molar-refractivity contribution in [3.8, 4) is 6.07 Å². The average molecular weight is 286 g/mol. The van der Waals surface area contributed by atoms with E-state index in [0.717, 1.165) is 24.8 Å². The molecule has 0 radical (unpaired) electrons. The van der Waals surface area contributed by atoms with Crippen LogP contribution in [0.2, 0.25) is 0 Å². The fourth-order valence-electron chi connectivity index (χ4n) is 3.39. The van der Waals surface area contributed by atoms with E-state index < -0.39 is 5.60 Å². The Morgan fingerprint density at radius 3 is 2.52 bits per heavy atom. The Hall–Kier alpha value is -1.37. The van der Waals surface area contributed by atoms with Crippen molar-refractivity contribution in [1.29, 1.82) is 5.26 Å². The maximum atomic E-state index is 10.3. The summed E-state index contributed by atoms with van der Waals surface area (Å²) < 4.78 is 0. The molecule has 1 unspecified atom stereocenters. The van der Waals surface area contributed by atoms with E-state index in [1.807, 2.05) is 37.3 Å². The fraction of sp³-hybridized carbons (Fsp3) is 0.611. The standard InChI is InChI=1S/C18H26N2O/c1-14(2)9-17(3,21)13-20-16-10-18(11-16,12-19)15-7-5-4-6-8-15/h4-8,14,16,20-21H,9-11,13H2,1-3H3. The van der Waals surface area contributed by atoms with Gasteiger partial charge in [0.05, 0.1) is 17.1 Å². The van der Waals surface area contributed by atoms with Gasteiger partial charge in [0.15, 0.2) is 0 Å². The number of nitriles is 1. The molecule has 0 spiro atoms. The van der Waals surface area contributed by atoms with E-state index in [1.54, 1.807) is 0 Å². The molecule has 0 saturated heterocycles. The van der Waals surface area contributed by atoms with Gasteiger partial charge in [0.25, 0.3) is 0 Å². The lowest BCUT2D eigenvalue weighted by Gasteiger charge is -2.44. The van der Waals surface area contributed by atoms with Gasteiger partial charge in [0.1, 0.15) is 0 Å². The number of nitrogens with zero attached hydrogens (tertiary/aromatic N) is 1. The molecule has 0 heterocycles. The molecular formula is C18H26N2O. The molecular weight excluding hydrogens is 260 g/mol. The molecule has 3 heteroatoms. The molecule has 0 aromatic heterocycles. The lowest BCUT2D eigenvalue weighted by atomic mass is 9.62. The second-order valence-corrected chi connectivity index (χ2v) is 7.14. The van der Waals surface area contributed by atoms with Crippen LogP contribution < -0.4 is 5.32 Å². The summed E-state index contributed by atoms with van der Waals surface area (Å²) in [6, 6.07) is 12.8. The van der Waals surface area contributed by atoms with Crippen LogP contribution in [0.4, 0.5) is 0 Å². The first kappa shape index (κ1) is 16.0. The van der Waals surface area contributed by atoms with E-state index in [2.05, 4.69) is 25.2 Å². The lowest BCUT2D eigenvalue weighted by molar-refractivity contribution is 0.0300. The number of hydrogen-bond acceptors (Lipinski definition) is 3. The number of nitrogens with one attached hydrogen (secondary N) is 1. The van der Waals surface area contributed by atoms with Crippen LogP contribution in [0.15, 0.2) is 30.3 Å². The second-order valence-electron chi connectivity index (χ2n) is 7.14. The Morgan fingerprint density at radius 2 is 2.00 bits per heavy atom. The van der Waals surface area contributed by atoms with E-state index in [9.17, 15) is 10.4 Å². The summed E-state index contributed by atoms with van der Waals surface area (Å²) in [6.45, 7) is 6.71. The van der Waals surface area contributed by atoms with Crippen LogP contribution in [0.5, 0.6) is 0 Å². The van der Waals surface area contributed by atoms with Gasteiger partial charge in [0.2, 0.25) is 0 Å². The van der Waals surface area contributed by atoms with E-state index >= 15 is 0 Å². The molecule has 1 aromatic carbocycles. The highest BCUT2D eigenvalue weighted by molar-refractivity contribution is 5.36. The predicted octanol–water partition coefficient (Wildman–Crippen LogP) is 3.00. The molecule has 0 aliphatic heterocycles. The summed E-state index contributed by atoms with van der Waals surface area (Å²) in [7, 11) is 0.